The third-order valence-corrected chi connectivity index (χ3v) is 5.69. The molecule has 4 aromatic rings. The van der Waals surface area contributed by atoms with E-state index in [-0.39, 0.29) is 11.3 Å². The van der Waals surface area contributed by atoms with Gasteiger partial charge in [0.05, 0.1) is 28.6 Å². The van der Waals surface area contributed by atoms with Crippen LogP contribution in [0.4, 0.5) is 5.69 Å². The molecule has 0 saturated heterocycles. The molecule has 0 aliphatic rings. The molecule has 9 heteroatoms. The summed E-state index contributed by atoms with van der Waals surface area (Å²) in [5, 5.41) is 12.9. The number of nitrogens with zero attached hydrogens (tertiary/aromatic N) is 4. The van der Waals surface area contributed by atoms with Crippen LogP contribution in [0.1, 0.15) is 17.0 Å². The third-order valence-electron chi connectivity index (χ3n) is 4.30. The van der Waals surface area contributed by atoms with Gasteiger partial charge in [0.25, 0.3) is 10.0 Å². The molecule has 4 rings (SSSR count). The highest BCUT2D eigenvalue weighted by molar-refractivity contribution is 7.92. The van der Waals surface area contributed by atoms with Crippen LogP contribution in [0.25, 0.3) is 11.4 Å². The van der Waals surface area contributed by atoms with E-state index >= 15 is 0 Å². The third kappa shape index (κ3) is 4.19. The van der Waals surface area contributed by atoms with E-state index in [1.165, 1.54) is 24.3 Å². The molecule has 0 unspecified atom stereocenters. The summed E-state index contributed by atoms with van der Waals surface area (Å²) in [6.07, 6.45) is 3.53. The van der Waals surface area contributed by atoms with Gasteiger partial charge in [0.1, 0.15) is 0 Å². The van der Waals surface area contributed by atoms with E-state index in [9.17, 15) is 8.42 Å². The van der Waals surface area contributed by atoms with E-state index in [0.29, 0.717) is 28.5 Å². The highest BCUT2D eigenvalue weighted by Gasteiger charge is 2.17. The highest BCUT2D eigenvalue weighted by Crippen LogP contribution is 2.23. The Hall–Kier alpha value is -4.03. The van der Waals surface area contributed by atoms with Crippen LogP contribution in [0, 0.1) is 11.3 Å². The number of hydrogen-bond acceptors (Lipinski definition) is 7. The van der Waals surface area contributed by atoms with Gasteiger partial charge in [-0.25, -0.2) is 8.42 Å². The fourth-order valence-corrected chi connectivity index (χ4v) is 3.90. The maximum Gasteiger partial charge on any atom is 0.261 e. The number of rotatable bonds is 6. The predicted octanol–water partition coefficient (Wildman–Crippen LogP) is 3.39. The van der Waals surface area contributed by atoms with E-state index in [1.54, 1.807) is 48.8 Å². The summed E-state index contributed by atoms with van der Waals surface area (Å²) in [4.78, 5) is 8.40. The molecule has 0 fully saturated rings. The van der Waals surface area contributed by atoms with Gasteiger partial charge in [-0.1, -0.05) is 23.4 Å². The average Bonchev–Trinajstić information content (AvgIpc) is 3.24. The molecule has 0 aliphatic carbocycles. The second kappa shape index (κ2) is 8.14. The second-order valence-electron chi connectivity index (χ2n) is 6.32. The Balaban J connectivity index is 1.57. The predicted molar refractivity (Wildman–Crippen MR) is 109 cm³/mol. The van der Waals surface area contributed by atoms with Crippen molar-refractivity contribution in [2.24, 2.45) is 0 Å². The van der Waals surface area contributed by atoms with Gasteiger partial charge in [-0.15, -0.1) is 0 Å². The van der Waals surface area contributed by atoms with Gasteiger partial charge in [0.15, 0.2) is 0 Å². The number of nitrogens with one attached hydrogen (secondary N) is 1. The summed E-state index contributed by atoms with van der Waals surface area (Å²) in [6.45, 7) is 0. The van der Waals surface area contributed by atoms with Crippen LogP contribution in [0.15, 0.2) is 82.5 Å². The van der Waals surface area contributed by atoms with Crippen molar-refractivity contribution in [3.63, 3.8) is 0 Å². The van der Waals surface area contributed by atoms with Crippen molar-refractivity contribution in [1.82, 2.24) is 15.1 Å². The Morgan fingerprint density at radius 3 is 2.47 bits per heavy atom. The Labute approximate surface area is 172 Å². The van der Waals surface area contributed by atoms with Crippen LogP contribution in [0.2, 0.25) is 0 Å². The van der Waals surface area contributed by atoms with Crippen molar-refractivity contribution in [1.29, 1.82) is 5.26 Å². The minimum absolute atomic E-state index is 0.0640. The number of sulfonamides is 1. The maximum atomic E-state index is 12.7. The first-order valence-electron chi connectivity index (χ1n) is 8.89. The normalized spacial score (nSPS) is 11.0. The minimum Gasteiger partial charge on any atom is -0.339 e. The zero-order valence-corrected chi connectivity index (χ0v) is 16.4. The first-order chi connectivity index (χ1) is 14.5. The van der Waals surface area contributed by atoms with E-state index in [1.807, 2.05) is 6.07 Å². The molecule has 148 valence electrons. The monoisotopic (exact) mass is 417 g/mol. The van der Waals surface area contributed by atoms with Crippen molar-refractivity contribution in [3.05, 3.63) is 90.1 Å². The van der Waals surface area contributed by atoms with Crippen LogP contribution in [-0.4, -0.2) is 23.5 Å². The summed E-state index contributed by atoms with van der Waals surface area (Å²) in [6, 6.07) is 18.2. The molecule has 30 heavy (non-hydrogen) atoms. The lowest BCUT2D eigenvalue weighted by Gasteiger charge is -2.11. The lowest BCUT2D eigenvalue weighted by Crippen LogP contribution is -2.14. The molecule has 0 saturated carbocycles. The van der Waals surface area contributed by atoms with Crippen LogP contribution >= 0.6 is 0 Å². The number of pyridine rings is 1. The van der Waals surface area contributed by atoms with E-state index in [0.717, 1.165) is 5.56 Å². The van der Waals surface area contributed by atoms with Crippen molar-refractivity contribution < 1.29 is 12.9 Å². The van der Waals surface area contributed by atoms with Crippen LogP contribution < -0.4 is 4.72 Å². The minimum atomic E-state index is -3.82. The Kier molecular flexibility index (Phi) is 5.24. The molecule has 8 nitrogen and oxygen atoms in total. The number of hydrogen-bond donors (Lipinski definition) is 1. The Morgan fingerprint density at radius 2 is 1.73 bits per heavy atom. The fourth-order valence-electron chi connectivity index (χ4n) is 2.79. The summed E-state index contributed by atoms with van der Waals surface area (Å²) >= 11 is 0. The molecule has 0 spiro atoms. The molecule has 2 aromatic heterocycles. The molecule has 2 aromatic carbocycles. The number of anilines is 1. The van der Waals surface area contributed by atoms with Gasteiger partial charge in [0, 0.05) is 18.0 Å². The van der Waals surface area contributed by atoms with Gasteiger partial charge in [-0.2, -0.15) is 10.2 Å². The molecule has 0 aliphatic heterocycles. The van der Waals surface area contributed by atoms with Gasteiger partial charge in [0.2, 0.25) is 11.7 Å². The molecular formula is C21H15N5O3S. The standard InChI is InChI=1S/C21H15N5O3S/c22-14-15-5-7-18(8-6-15)30(27,28)26-19-4-2-1-3-17(19)13-20-24-21(25-29-20)16-9-11-23-12-10-16/h1-12,26H,13H2. The molecular weight excluding hydrogens is 402 g/mol. The van der Waals surface area contributed by atoms with E-state index in [4.69, 9.17) is 9.78 Å². The van der Waals surface area contributed by atoms with Crippen LogP contribution in [0.3, 0.4) is 0 Å². The van der Waals surface area contributed by atoms with Gasteiger partial charge in [-0.3, -0.25) is 9.71 Å². The molecule has 2 heterocycles. The smallest absolute Gasteiger partial charge is 0.261 e. The molecule has 0 bridgehead atoms. The highest BCUT2D eigenvalue weighted by atomic mass is 32.2. The summed E-state index contributed by atoms with van der Waals surface area (Å²) in [5.74, 6) is 0.787. The Morgan fingerprint density at radius 1 is 1.00 bits per heavy atom. The molecule has 1 N–H and O–H groups in total. The number of aromatic nitrogens is 3. The Bertz CT molecular complexity index is 1310. The zero-order chi connectivity index (χ0) is 21.0. The quantitative estimate of drug-likeness (QED) is 0.510. The van der Waals surface area contributed by atoms with Crippen molar-refractivity contribution in [2.75, 3.05) is 4.72 Å². The second-order valence-corrected chi connectivity index (χ2v) is 8.01. The first kappa shape index (κ1) is 19.3. The largest absolute Gasteiger partial charge is 0.339 e. The molecule has 0 amide bonds. The summed E-state index contributed by atoms with van der Waals surface area (Å²) in [7, 11) is -3.82. The number of para-hydroxylation sites is 1. The van der Waals surface area contributed by atoms with Crippen LogP contribution in [-0.2, 0) is 16.4 Å². The fraction of sp³-hybridized carbons (Fsp3) is 0.0476. The maximum absolute atomic E-state index is 12.7. The molecule has 0 atom stereocenters. The first-order valence-corrected chi connectivity index (χ1v) is 10.4. The average molecular weight is 417 g/mol. The lowest BCUT2D eigenvalue weighted by atomic mass is 10.1. The number of nitriles is 1. The summed E-state index contributed by atoms with van der Waals surface area (Å²) in [5.41, 5.74) is 2.25. The van der Waals surface area contributed by atoms with Crippen molar-refractivity contribution in [2.45, 2.75) is 11.3 Å². The van der Waals surface area contributed by atoms with E-state index in [2.05, 4.69) is 19.8 Å². The SMILES string of the molecule is N#Cc1ccc(S(=O)(=O)Nc2ccccc2Cc2nc(-c3ccncc3)no2)cc1. The van der Waals surface area contributed by atoms with E-state index < -0.39 is 10.0 Å². The summed E-state index contributed by atoms with van der Waals surface area (Å²) < 4.78 is 33.4. The zero-order valence-electron chi connectivity index (χ0n) is 15.6. The molecule has 0 radical (unpaired) electrons. The topological polar surface area (TPSA) is 122 Å². The van der Waals surface area contributed by atoms with Gasteiger partial charge in [-0.05, 0) is 48.0 Å². The van der Waals surface area contributed by atoms with Gasteiger partial charge >= 0.3 is 0 Å². The van der Waals surface area contributed by atoms with Crippen molar-refractivity contribution >= 4 is 15.7 Å². The van der Waals surface area contributed by atoms with Crippen molar-refractivity contribution in [3.8, 4) is 17.5 Å². The van der Waals surface area contributed by atoms with Crippen LogP contribution in [0.5, 0.6) is 0 Å². The lowest BCUT2D eigenvalue weighted by molar-refractivity contribution is 0.386. The van der Waals surface area contributed by atoms with Gasteiger partial charge < -0.3 is 4.52 Å². The number of benzene rings is 2.